The summed E-state index contributed by atoms with van der Waals surface area (Å²) in [6.07, 6.45) is 12.3. The van der Waals surface area contributed by atoms with Crippen molar-refractivity contribution in [3.05, 3.63) is 11.6 Å². The summed E-state index contributed by atoms with van der Waals surface area (Å²) in [5, 5.41) is 11.0. The molecule has 0 radical (unpaired) electrons. The highest BCUT2D eigenvalue weighted by Gasteiger charge is 2.57. The number of allylic oxidation sites excluding steroid dienone is 1. The predicted molar refractivity (Wildman–Crippen MR) is 71.4 cm³/mol. The van der Waals surface area contributed by atoms with Gasteiger partial charge in [0.25, 0.3) is 0 Å². The van der Waals surface area contributed by atoms with Crippen LogP contribution in [-0.4, -0.2) is 10.7 Å². The van der Waals surface area contributed by atoms with Crippen LogP contribution in [0.25, 0.3) is 0 Å². The van der Waals surface area contributed by atoms with Crippen molar-refractivity contribution < 1.29 is 5.11 Å². The fourth-order valence-electron chi connectivity index (χ4n) is 4.11. The summed E-state index contributed by atoms with van der Waals surface area (Å²) in [6, 6.07) is 0. The second-order valence-electron chi connectivity index (χ2n) is 6.73. The zero-order chi connectivity index (χ0) is 12.9. The van der Waals surface area contributed by atoms with Crippen LogP contribution in [-0.2, 0) is 0 Å². The molecule has 0 amide bonds. The zero-order valence-electron chi connectivity index (χ0n) is 11.5. The van der Waals surface area contributed by atoms with Crippen LogP contribution in [0.5, 0.6) is 0 Å². The van der Waals surface area contributed by atoms with Crippen molar-refractivity contribution in [2.24, 2.45) is 16.7 Å². The average molecular weight is 232 g/mol. The minimum atomic E-state index is -0.977. The molecule has 0 unspecified atom stereocenters. The molecule has 2 aliphatic rings. The van der Waals surface area contributed by atoms with Crippen molar-refractivity contribution in [2.45, 2.75) is 59.0 Å². The normalized spacial score (nSPS) is 44.5. The molecule has 0 heterocycles. The summed E-state index contributed by atoms with van der Waals surface area (Å²) in [7, 11) is 0. The molecule has 1 nitrogen and oxygen atoms in total. The molecule has 2 rings (SSSR count). The van der Waals surface area contributed by atoms with Gasteiger partial charge in [0.05, 0.1) is 0 Å². The number of hydrogen-bond acceptors (Lipinski definition) is 1. The van der Waals surface area contributed by atoms with E-state index < -0.39 is 5.60 Å². The smallest absolute Gasteiger partial charge is 0.137 e. The first kappa shape index (κ1) is 12.7. The molecule has 0 saturated heterocycles. The Morgan fingerprint density at radius 3 is 2.59 bits per heavy atom. The molecule has 17 heavy (non-hydrogen) atoms. The maximum atomic E-state index is 11.0. The van der Waals surface area contributed by atoms with Crippen LogP contribution in [0.4, 0.5) is 0 Å². The summed E-state index contributed by atoms with van der Waals surface area (Å²) in [5.41, 5.74) is 0.350. The number of terminal acetylenes is 1. The lowest BCUT2D eigenvalue weighted by Gasteiger charge is -2.56. The van der Waals surface area contributed by atoms with Crippen molar-refractivity contribution in [1.82, 2.24) is 0 Å². The Labute approximate surface area is 105 Å². The van der Waals surface area contributed by atoms with Gasteiger partial charge < -0.3 is 5.11 Å². The Kier molecular flexibility index (Phi) is 2.71. The van der Waals surface area contributed by atoms with Gasteiger partial charge in [0, 0.05) is 11.3 Å². The van der Waals surface area contributed by atoms with Gasteiger partial charge in [0.15, 0.2) is 0 Å². The van der Waals surface area contributed by atoms with Crippen LogP contribution in [0, 0.1) is 29.1 Å². The van der Waals surface area contributed by atoms with Crippen LogP contribution >= 0.6 is 0 Å². The van der Waals surface area contributed by atoms with Gasteiger partial charge >= 0.3 is 0 Å². The second-order valence-corrected chi connectivity index (χ2v) is 6.73. The topological polar surface area (TPSA) is 20.2 Å². The molecule has 0 aromatic heterocycles. The Morgan fingerprint density at radius 2 is 2.00 bits per heavy atom. The summed E-state index contributed by atoms with van der Waals surface area (Å²) in [5.74, 6) is 2.87. The summed E-state index contributed by atoms with van der Waals surface area (Å²) in [6.45, 7) is 8.79. The molecule has 0 aromatic rings. The number of rotatable bonds is 0. The molecule has 1 fully saturated rings. The van der Waals surface area contributed by atoms with E-state index >= 15 is 0 Å². The zero-order valence-corrected chi connectivity index (χ0v) is 11.5. The lowest BCUT2D eigenvalue weighted by Crippen LogP contribution is -2.56. The second kappa shape index (κ2) is 3.62. The highest BCUT2D eigenvalue weighted by atomic mass is 16.3. The summed E-state index contributed by atoms with van der Waals surface area (Å²) >= 11 is 0. The molecule has 3 atom stereocenters. The molecule has 0 aromatic carbocycles. The Morgan fingerprint density at radius 1 is 1.35 bits per heavy atom. The molecule has 1 N–H and O–H groups in total. The Hall–Kier alpha value is -0.740. The van der Waals surface area contributed by atoms with Crippen LogP contribution < -0.4 is 0 Å². The minimum absolute atomic E-state index is 0.148. The van der Waals surface area contributed by atoms with E-state index in [1.54, 1.807) is 0 Å². The maximum Gasteiger partial charge on any atom is 0.137 e. The molecular formula is C16H24O. The standard InChI is InChI=1S/C16H24O/c1-6-16(17)12(2)8-9-13-14(3,4)10-7-11-15(13,16)5/h1,9,12,17H,7-8,10-11H2,2-5H3/t12-,15+,16-/m1/s1. The van der Waals surface area contributed by atoms with Gasteiger partial charge in [-0.1, -0.05) is 51.7 Å². The van der Waals surface area contributed by atoms with E-state index in [-0.39, 0.29) is 16.7 Å². The van der Waals surface area contributed by atoms with Gasteiger partial charge in [-0.15, -0.1) is 6.42 Å². The molecule has 0 bridgehead atoms. The first-order valence-corrected chi connectivity index (χ1v) is 6.69. The highest BCUT2D eigenvalue weighted by molar-refractivity contribution is 5.37. The van der Waals surface area contributed by atoms with Gasteiger partial charge in [0.2, 0.25) is 0 Å². The van der Waals surface area contributed by atoms with Gasteiger partial charge in [-0.25, -0.2) is 0 Å². The third kappa shape index (κ3) is 1.50. The largest absolute Gasteiger partial charge is 0.376 e. The van der Waals surface area contributed by atoms with E-state index in [1.807, 2.05) is 0 Å². The number of fused-ring (bicyclic) bond motifs is 1. The highest BCUT2D eigenvalue weighted by Crippen LogP contribution is 2.59. The summed E-state index contributed by atoms with van der Waals surface area (Å²) < 4.78 is 0. The monoisotopic (exact) mass is 232 g/mol. The van der Waals surface area contributed by atoms with E-state index in [0.717, 1.165) is 19.3 Å². The van der Waals surface area contributed by atoms with Crippen molar-refractivity contribution in [3.8, 4) is 12.3 Å². The molecule has 94 valence electrons. The fraction of sp³-hybridized carbons (Fsp3) is 0.750. The quantitative estimate of drug-likeness (QED) is 0.500. The van der Waals surface area contributed by atoms with Gasteiger partial charge in [-0.3, -0.25) is 0 Å². The first-order chi connectivity index (χ1) is 7.78. The first-order valence-electron chi connectivity index (χ1n) is 6.69. The third-order valence-electron chi connectivity index (χ3n) is 5.25. The van der Waals surface area contributed by atoms with E-state index in [4.69, 9.17) is 6.42 Å². The molecule has 1 saturated carbocycles. The molecule has 0 spiro atoms. The van der Waals surface area contributed by atoms with Crippen LogP contribution in [0.3, 0.4) is 0 Å². The number of aliphatic hydroxyl groups is 1. The molecule has 2 aliphatic carbocycles. The van der Waals surface area contributed by atoms with Gasteiger partial charge in [0.1, 0.15) is 5.60 Å². The lowest BCUT2D eigenvalue weighted by atomic mass is 9.49. The molecular weight excluding hydrogens is 208 g/mol. The van der Waals surface area contributed by atoms with Crippen molar-refractivity contribution >= 4 is 0 Å². The van der Waals surface area contributed by atoms with E-state index in [1.165, 1.54) is 12.0 Å². The van der Waals surface area contributed by atoms with E-state index in [0.29, 0.717) is 0 Å². The van der Waals surface area contributed by atoms with Gasteiger partial charge in [-0.2, -0.15) is 0 Å². The van der Waals surface area contributed by atoms with Crippen molar-refractivity contribution in [3.63, 3.8) is 0 Å². The SMILES string of the molecule is C#C[C@@]1(O)[C@H](C)CC=C2C(C)(C)CCC[C@@]21C. The summed E-state index contributed by atoms with van der Waals surface area (Å²) in [4.78, 5) is 0. The predicted octanol–water partition coefficient (Wildman–Crippen LogP) is 3.53. The maximum absolute atomic E-state index is 11.0. The van der Waals surface area contributed by atoms with Crippen LogP contribution in [0.15, 0.2) is 11.6 Å². The van der Waals surface area contributed by atoms with Crippen molar-refractivity contribution in [2.75, 3.05) is 0 Å². The minimum Gasteiger partial charge on any atom is -0.376 e. The van der Waals surface area contributed by atoms with Crippen molar-refractivity contribution in [1.29, 1.82) is 0 Å². The molecule has 0 aliphatic heterocycles. The van der Waals surface area contributed by atoms with E-state index in [9.17, 15) is 5.11 Å². The molecule has 1 heteroatoms. The Bertz CT molecular complexity index is 398. The Balaban J connectivity index is 2.58. The third-order valence-corrected chi connectivity index (χ3v) is 5.25. The van der Waals surface area contributed by atoms with Gasteiger partial charge in [-0.05, 0) is 24.7 Å². The average Bonchev–Trinajstić information content (AvgIpc) is 2.24. The fourth-order valence-corrected chi connectivity index (χ4v) is 4.11. The van der Waals surface area contributed by atoms with Crippen LogP contribution in [0.1, 0.15) is 53.4 Å². The lowest BCUT2D eigenvalue weighted by molar-refractivity contribution is -0.0781. The van der Waals surface area contributed by atoms with Crippen LogP contribution in [0.2, 0.25) is 0 Å². The number of hydrogen-bond donors (Lipinski definition) is 1. The van der Waals surface area contributed by atoms with E-state index in [2.05, 4.69) is 39.7 Å².